The van der Waals surface area contributed by atoms with E-state index in [-0.39, 0.29) is 18.0 Å². The summed E-state index contributed by atoms with van der Waals surface area (Å²) in [7, 11) is 3.38. The Kier molecular flexibility index (Phi) is 4.45. The molecular weight excluding hydrogens is 254 g/mol. The second-order valence-electron chi connectivity index (χ2n) is 4.52. The average Bonchev–Trinajstić information content (AvgIpc) is 2.76. The SMILES string of the molecule is COC1CN(Cc2cc(Cl)ccc2O)CC1OC. The van der Waals surface area contributed by atoms with Gasteiger partial charge in [0.05, 0.1) is 12.2 Å². The third-order valence-electron chi connectivity index (χ3n) is 3.33. The van der Waals surface area contributed by atoms with Crippen LogP contribution < -0.4 is 0 Å². The van der Waals surface area contributed by atoms with Gasteiger partial charge in [0.1, 0.15) is 5.75 Å². The maximum atomic E-state index is 9.79. The van der Waals surface area contributed by atoms with Crippen LogP contribution in [0.25, 0.3) is 0 Å². The molecule has 1 saturated heterocycles. The van der Waals surface area contributed by atoms with Crippen LogP contribution in [0.2, 0.25) is 5.02 Å². The van der Waals surface area contributed by atoms with Gasteiger partial charge in [-0.3, -0.25) is 4.90 Å². The van der Waals surface area contributed by atoms with Crippen LogP contribution in [-0.4, -0.2) is 49.5 Å². The zero-order valence-electron chi connectivity index (χ0n) is 10.6. The van der Waals surface area contributed by atoms with E-state index in [4.69, 9.17) is 21.1 Å². The van der Waals surface area contributed by atoms with Crippen LogP contribution in [0.15, 0.2) is 18.2 Å². The molecule has 0 spiro atoms. The second-order valence-corrected chi connectivity index (χ2v) is 4.95. The zero-order valence-corrected chi connectivity index (χ0v) is 11.4. The van der Waals surface area contributed by atoms with Gasteiger partial charge >= 0.3 is 0 Å². The van der Waals surface area contributed by atoms with Crippen molar-refractivity contribution < 1.29 is 14.6 Å². The highest BCUT2D eigenvalue weighted by Crippen LogP contribution is 2.25. The Morgan fingerprint density at radius 2 is 1.89 bits per heavy atom. The molecule has 100 valence electrons. The summed E-state index contributed by atoms with van der Waals surface area (Å²) in [5.41, 5.74) is 0.828. The number of methoxy groups -OCH3 is 2. The van der Waals surface area contributed by atoms with Gasteiger partial charge in [0.25, 0.3) is 0 Å². The molecule has 1 fully saturated rings. The lowest BCUT2D eigenvalue weighted by Crippen LogP contribution is -2.27. The number of hydrogen-bond donors (Lipinski definition) is 1. The number of benzene rings is 1. The summed E-state index contributed by atoms with van der Waals surface area (Å²) in [4.78, 5) is 2.19. The first-order valence-corrected chi connectivity index (χ1v) is 6.27. The molecule has 1 aromatic carbocycles. The molecule has 0 saturated carbocycles. The number of phenols is 1. The average molecular weight is 272 g/mol. The van der Waals surface area contributed by atoms with Crippen molar-refractivity contribution in [3.63, 3.8) is 0 Å². The van der Waals surface area contributed by atoms with Crippen molar-refractivity contribution >= 4 is 11.6 Å². The van der Waals surface area contributed by atoms with Crippen molar-refractivity contribution in [2.24, 2.45) is 0 Å². The fourth-order valence-corrected chi connectivity index (χ4v) is 2.52. The van der Waals surface area contributed by atoms with Gasteiger partial charge in [0.15, 0.2) is 0 Å². The van der Waals surface area contributed by atoms with E-state index in [1.165, 1.54) is 0 Å². The highest BCUT2D eigenvalue weighted by atomic mass is 35.5. The largest absolute Gasteiger partial charge is 0.508 e. The van der Waals surface area contributed by atoms with Gasteiger partial charge in [0, 0.05) is 44.4 Å². The zero-order chi connectivity index (χ0) is 13.1. The molecule has 1 heterocycles. The molecule has 2 atom stereocenters. The third kappa shape index (κ3) is 2.95. The monoisotopic (exact) mass is 271 g/mol. The van der Waals surface area contributed by atoms with E-state index in [9.17, 15) is 5.11 Å². The highest BCUT2D eigenvalue weighted by Gasteiger charge is 2.32. The smallest absolute Gasteiger partial charge is 0.120 e. The maximum absolute atomic E-state index is 9.79. The van der Waals surface area contributed by atoms with Crippen LogP contribution in [0.4, 0.5) is 0 Å². The Morgan fingerprint density at radius 1 is 1.28 bits per heavy atom. The van der Waals surface area contributed by atoms with Crippen molar-refractivity contribution in [1.82, 2.24) is 4.90 Å². The number of hydrogen-bond acceptors (Lipinski definition) is 4. The molecule has 0 bridgehead atoms. The van der Waals surface area contributed by atoms with E-state index in [0.717, 1.165) is 18.7 Å². The molecule has 1 N–H and O–H groups in total. The molecule has 2 rings (SSSR count). The van der Waals surface area contributed by atoms with E-state index in [2.05, 4.69) is 4.90 Å². The summed E-state index contributed by atoms with van der Waals surface area (Å²) in [5.74, 6) is 0.272. The Hall–Kier alpha value is -0.810. The number of phenolic OH excluding ortho intramolecular Hbond substituents is 1. The Morgan fingerprint density at radius 3 is 2.44 bits per heavy atom. The maximum Gasteiger partial charge on any atom is 0.120 e. The van der Waals surface area contributed by atoms with Crippen LogP contribution in [-0.2, 0) is 16.0 Å². The van der Waals surface area contributed by atoms with E-state index < -0.39 is 0 Å². The normalized spacial score (nSPS) is 24.6. The van der Waals surface area contributed by atoms with Crippen molar-refractivity contribution in [3.05, 3.63) is 28.8 Å². The van der Waals surface area contributed by atoms with E-state index in [1.807, 2.05) is 0 Å². The summed E-state index contributed by atoms with van der Waals surface area (Å²) in [5, 5.41) is 10.4. The quantitative estimate of drug-likeness (QED) is 0.908. The molecule has 1 aromatic rings. The molecule has 0 aliphatic carbocycles. The van der Waals surface area contributed by atoms with Gasteiger partial charge in [0.2, 0.25) is 0 Å². The first-order chi connectivity index (χ1) is 8.63. The third-order valence-corrected chi connectivity index (χ3v) is 3.57. The van der Waals surface area contributed by atoms with Gasteiger partial charge in [-0.15, -0.1) is 0 Å². The Bertz CT molecular complexity index is 401. The molecule has 0 aromatic heterocycles. The van der Waals surface area contributed by atoms with Crippen LogP contribution in [0.3, 0.4) is 0 Å². The number of rotatable bonds is 4. The minimum absolute atomic E-state index is 0.0799. The molecule has 4 nitrogen and oxygen atoms in total. The number of ether oxygens (including phenoxy) is 2. The summed E-state index contributed by atoms with van der Waals surface area (Å²) < 4.78 is 10.8. The van der Waals surface area contributed by atoms with Gasteiger partial charge in [-0.2, -0.15) is 0 Å². The molecule has 2 unspecified atom stereocenters. The number of halogens is 1. The van der Waals surface area contributed by atoms with Crippen molar-refractivity contribution in [1.29, 1.82) is 0 Å². The van der Waals surface area contributed by atoms with Gasteiger partial charge in [-0.25, -0.2) is 0 Å². The first-order valence-electron chi connectivity index (χ1n) is 5.89. The van der Waals surface area contributed by atoms with Crippen molar-refractivity contribution in [2.45, 2.75) is 18.8 Å². The van der Waals surface area contributed by atoms with Gasteiger partial charge in [-0.05, 0) is 18.2 Å². The minimum Gasteiger partial charge on any atom is -0.508 e. The van der Waals surface area contributed by atoms with Gasteiger partial charge < -0.3 is 14.6 Å². The summed E-state index contributed by atoms with van der Waals surface area (Å²) in [6.07, 6.45) is 0.160. The summed E-state index contributed by atoms with van der Waals surface area (Å²) in [6, 6.07) is 5.09. The summed E-state index contributed by atoms with van der Waals surface area (Å²) in [6.45, 7) is 2.23. The molecule has 0 radical (unpaired) electrons. The fourth-order valence-electron chi connectivity index (χ4n) is 2.32. The van der Waals surface area contributed by atoms with Crippen LogP contribution in [0.1, 0.15) is 5.56 Å². The van der Waals surface area contributed by atoms with Crippen LogP contribution in [0, 0.1) is 0 Å². The second kappa shape index (κ2) is 5.89. The molecule has 0 amide bonds. The minimum atomic E-state index is 0.0799. The topological polar surface area (TPSA) is 41.9 Å². The molecular formula is C13H18ClNO3. The lowest BCUT2D eigenvalue weighted by atomic mass is 10.2. The Balaban J connectivity index is 2.04. The van der Waals surface area contributed by atoms with Crippen LogP contribution >= 0.6 is 11.6 Å². The van der Waals surface area contributed by atoms with Gasteiger partial charge in [-0.1, -0.05) is 11.6 Å². The fraction of sp³-hybridized carbons (Fsp3) is 0.538. The number of likely N-dealkylation sites (tertiary alicyclic amines) is 1. The van der Waals surface area contributed by atoms with E-state index in [1.54, 1.807) is 32.4 Å². The molecule has 18 heavy (non-hydrogen) atoms. The molecule has 1 aliphatic rings. The number of nitrogens with zero attached hydrogens (tertiary/aromatic N) is 1. The summed E-state index contributed by atoms with van der Waals surface area (Å²) >= 11 is 5.94. The molecule has 5 heteroatoms. The molecule has 1 aliphatic heterocycles. The van der Waals surface area contributed by atoms with E-state index in [0.29, 0.717) is 11.6 Å². The van der Waals surface area contributed by atoms with Crippen LogP contribution in [0.5, 0.6) is 5.75 Å². The van der Waals surface area contributed by atoms with E-state index >= 15 is 0 Å². The predicted molar refractivity (Wildman–Crippen MR) is 70.0 cm³/mol. The predicted octanol–water partition coefficient (Wildman–Crippen LogP) is 1.89. The highest BCUT2D eigenvalue weighted by molar-refractivity contribution is 6.30. The lowest BCUT2D eigenvalue weighted by Gasteiger charge is -2.16. The first kappa shape index (κ1) is 13.6. The number of aromatic hydroxyl groups is 1. The lowest BCUT2D eigenvalue weighted by molar-refractivity contribution is -0.00461. The Labute approximate surface area is 112 Å². The van der Waals surface area contributed by atoms with Crippen molar-refractivity contribution in [2.75, 3.05) is 27.3 Å². The standard InChI is InChI=1S/C13H18ClNO3/c1-17-12-7-15(8-13(12)18-2)6-9-5-10(14)3-4-11(9)16/h3-5,12-13,16H,6-8H2,1-2H3. The van der Waals surface area contributed by atoms with Crippen molar-refractivity contribution in [3.8, 4) is 5.75 Å².